The van der Waals surface area contributed by atoms with Crippen LogP contribution in [0.4, 0.5) is 23.1 Å². The second kappa shape index (κ2) is 9.71. The Morgan fingerprint density at radius 1 is 1.06 bits per heavy atom. The zero-order chi connectivity index (χ0) is 25.4. The number of methoxy groups -OCH3 is 1. The van der Waals surface area contributed by atoms with Crippen molar-refractivity contribution in [2.24, 2.45) is 7.05 Å². The van der Waals surface area contributed by atoms with Crippen LogP contribution in [-0.2, 0) is 24.5 Å². The molecule has 4 aromatic rings. The number of nitrogens with zero attached hydrogens (tertiary/aromatic N) is 4. The number of para-hydroxylation sites is 1. The number of anilines is 4. The first-order valence-corrected chi connectivity index (χ1v) is 15.1. The third-order valence-corrected chi connectivity index (χ3v) is 8.50. The molecule has 1 aliphatic rings. The topological polar surface area (TPSA) is 94.0 Å². The van der Waals surface area contributed by atoms with Crippen molar-refractivity contribution in [2.45, 2.75) is 19.3 Å². The molecule has 0 saturated carbocycles. The van der Waals surface area contributed by atoms with Gasteiger partial charge in [0.05, 0.1) is 29.2 Å². The molecule has 0 radical (unpaired) electrons. The first-order valence-electron chi connectivity index (χ1n) is 11.7. The second-order valence-electron chi connectivity index (χ2n) is 9.20. The maximum Gasteiger partial charge on any atom is 0.229 e. The summed E-state index contributed by atoms with van der Waals surface area (Å²) in [6.45, 7) is 3.52. The van der Waals surface area contributed by atoms with Gasteiger partial charge in [-0.3, -0.25) is 4.68 Å². The highest BCUT2D eigenvalue weighted by atomic mass is 79.9. The zero-order valence-corrected chi connectivity index (χ0v) is 23.2. The highest BCUT2D eigenvalue weighted by molar-refractivity contribution is 9.10. The molecule has 0 spiro atoms. The molecule has 0 saturated heterocycles. The van der Waals surface area contributed by atoms with Crippen molar-refractivity contribution in [1.82, 2.24) is 19.7 Å². The summed E-state index contributed by atoms with van der Waals surface area (Å²) in [7, 11) is 1.17. The minimum absolute atomic E-state index is 0.410. The Kier molecular flexibility index (Phi) is 6.62. The lowest BCUT2D eigenvalue weighted by molar-refractivity contribution is 0.416. The molecule has 10 heteroatoms. The van der Waals surface area contributed by atoms with E-state index in [0.717, 1.165) is 52.8 Å². The molecule has 1 aliphatic carbocycles. The summed E-state index contributed by atoms with van der Waals surface area (Å²) in [5.41, 5.74) is 6.29. The molecule has 186 valence electrons. The van der Waals surface area contributed by atoms with Gasteiger partial charge in [0.15, 0.2) is 0 Å². The maximum atomic E-state index is 12.8. The SMILES string of the molecule is COc1cc2c(cc1Nc1ncc(Br)c(Nc3ccccc3P(C)(C)=O)n1)-c1cnn(C)c1CCC2. The van der Waals surface area contributed by atoms with Gasteiger partial charge in [0.1, 0.15) is 18.7 Å². The molecule has 2 heterocycles. The summed E-state index contributed by atoms with van der Waals surface area (Å²) in [5, 5.41) is 11.9. The molecule has 0 unspecified atom stereocenters. The van der Waals surface area contributed by atoms with Crippen LogP contribution < -0.4 is 20.7 Å². The standard InChI is InChI=1S/C26H28BrN6O2P/c1-33-22-10-7-8-16-12-23(35-2)21(13-17(16)18(22)14-29-33)31-26-28-15-19(27)25(32-26)30-20-9-5-6-11-24(20)36(3,4)34/h5-6,9,11-15H,7-8,10H2,1-4H3,(H2,28,30,31,32). The fourth-order valence-electron chi connectivity index (χ4n) is 4.59. The lowest BCUT2D eigenvalue weighted by atomic mass is 9.99. The number of hydrogen-bond acceptors (Lipinski definition) is 7. The number of hydrogen-bond donors (Lipinski definition) is 2. The predicted molar refractivity (Wildman–Crippen MR) is 149 cm³/mol. The molecule has 0 fully saturated rings. The Balaban J connectivity index is 1.51. The fourth-order valence-corrected chi connectivity index (χ4v) is 6.03. The molecule has 2 N–H and O–H groups in total. The lowest BCUT2D eigenvalue weighted by Crippen LogP contribution is -2.11. The van der Waals surface area contributed by atoms with Crippen LogP contribution >= 0.6 is 23.1 Å². The first-order chi connectivity index (χ1) is 17.2. The normalized spacial score (nSPS) is 12.9. The van der Waals surface area contributed by atoms with Gasteiger partial charge in [-0.2, -0.15) is 10.1 Å². The van der Waals surface area contributed by atoms with Crippen LogP contribution in [0.15, 0.2) is 53.3 Å². The Labute approximate surface area is 219 Å². The van der Waals surface area contributed by atoms with E-state index in [1.165, 1.54) is 11.3 Å². The van der Waals surface area contributed by atoms with Crippen LogP contribution in [0.2, 0.25) is 0 Å². The van der Waals surface area contributed by atoms with Gasteiger partial charge < -0.3 is 19.9 Å². The molecule has 0 aliphatic heterocycles. The van der Waals surface area contributed by atoms with Gasteiger partial charge in [0.25, 0.3) is 0 Å². The average molecular weight is 567 g/mol. The molecule has 0 amide bonds. The van der Waals surface area contributed by atoms with Gasteiger partial charge in [-0.05, 0) is 83.9 Å². The first kappa shape index (κ1) is 24.5. The summed E-state index contributed by atoms with van der Waals surface area (Å²) in [4.78, 5) is 9.16. The van der Waals surface area contributed by atoms with Gasteiger partial charge >= 0.3 is 0 Å². The second-order valence-corrected chi connectivity index (χ2v) is 13.2. The van der Waals surface area contributed by atoms with Crippen molar-refractivity contribution in [1.29, 1.82) is 0 Å². The smallest absolute Gasteiger partial charge is 0.229 e. The molecular weight excluding hydrogens is 539 g/mol. The third-order valence-electron chi connectivity index (χ3n) is 6.36. The average Bonchev–Trinajstić information content (AvgIpc) is 3.11. The number of ether oxygens (including phenoxy) is 1. The van der Waals surface area contributed by atoms with E-state index in [9.17, 15) is 4.57 Å². The van der Waals surface area contributed by atoms with Gasteiger partial charge in [-0.15, -0.1) is 0 Å². The molecule has 5 rings (SSSR count). The van der Waals surface area contributed by atoms with Crippen LogP contribution in [-0.4, -0.2) is 40.2 Å². The maximum absolute atomic E-state index is 12.8. The van der Waals surface area contributed by atoms with E-state index in [1.807, 2.05) is 42.2 Å². The summed E-state index contributed by atoms with van der Waals surface area (Å²) in [6.07, 6.45) is 6.64. The fraction of sp³-hybridized carbons (Fsp3) is 0.269. The van der Waals surface area contributed by atoms with E-state index in [4.69, 9.17) is 9.72 Å². The van der Waals surface area contributed by atoms with Crippen LogP contribution in [0.3, 0.4) is 0 Å². The van der Waals surface area contributed by atoms with Crippen LogP contribution in [0.1, 0.15) is 17.7 Å². The summed E-state index contributed by atoms with van der Waals surface area (Å²) in [6, 6.07) is 11.8. The minimum atomic E-state index is -2.49. The van der Waals surface area contributed by atoms with Crippen molar-refractivity contribution >= 4 is 51.5 Å². The van der Waals surface area contributed by atoms with E-state index >= 15 is 0 Å². The monoisotopic (exact) mass is 566 g/mol. The Morgan fingerprint density at radius 3 is 2.64 bits per heavy atom. The quantitative estimate of drug-likeness (QED) is 0.282. The number of halogens is 1. The summed E-state index contributed by atoms with van der Waals surface area (Å²) >= 11 is 3.54. The summed E-state index contributed by atoms with van der Waals surface area (Å²) < 4.78 is 21.2. The van der Waals surface area contributed by atoms with E-state index < -0.39 is 7.14 Å². The number of rotatable bonds is 6. The molecular formula is C26H28BrN6O2P. The summed E-state index contributed by atoms with van der Waals surface area (Å²) in [5.74, 6) is 1.70. The number of fused-ring (bicyclic) bond motifs is 3. The Morgan fingerprint density at radius 2 is 1.86 bits per heavy atom. The largest absolute Gasteiger partial charge is 0.495 e. The van der Waals surface area contributed by atoms with Crippen molar-refractivity contribution < 1.29 is 9.30 Å². The van der Waals surface area contributed by atoms with Gasteiger partial charge in [0.2, 0.25) is 5.95 Å². The number of aromatic nitrogens is 4. The Bertz CT molecular complexity index is 1500. The van der Waals surface area contributed by atoms with Crippen LogP contribution in [0, 0.1) is 0 Å². The number of aryl methyl sites for hydroxylation is 2. The zero-order valence-electron chi connectivity index (χ0n) is 20.7. The highest BCUT2D eigenvalue weighted by Crippen LogP contribution is 2.40. The number of benzene rings is 2. The Hall–Kier alpha value is -3.16. The van der Waals surface area contributed by atoms with Gasteiger partial charge in [0, 0.05) is 29.8 Å². The van der Waals surface area contributed by atoms with Gasteiger partial charge in [-0.1, -0.05) is 12.1 Å². The highest BCUT2D eigenvalue weighted by Gasteiger charge is 2.21. The molecule has 8 nitrogen and oxygen atoms in total. The molecule has 0 bridgehead atoms. The molecule has 2 aromatic carbocycles. The minimum Gasteiger partial charge on any atom is -0.495 e. The van der Waals surface area contributed by atoms with Crippen LogP contribution in [0.25, 0.3) is 11.1 Å². The molecule has 36 heavy (non-hydrogen) atoms. The van der Waals surface area contributed by atoms with E-state index in [-0.39, 0.29) is 0 Å². The third kappa shape index (κ3) is 4.77. The van der Waals surface area contributed by atoms with E-state index in [2.05, 4.69) is 48.8 Å². The van der Waals surface area contributed by atoms with Crippen molar-refractivity contribution in [3.63, 3.8) is 0 Å². The predicted octanol–water partition coefficient (Wildman–Crippen LogP) is 5.87. The van der Waals surface area contributed by atoms with Crippen molar-refractivity contribution in [3.8, 4) is 16.9 Å². The lowest BCUT2D eigenvalue weighted by Gasteiger charge is -2.17. The van der Waals surface area contributed by atoms with E-state index in [0.29, 0.717) is 16.2 Å². The van der Waals surface area contributed by atoms with Crippen LogP contribution in [0.5, 0.6) is 5.75 Å². The molecule has 0 atom stereocenters. The van der Waals surface area contributed by atoms with Crippen molar-refractivity contribution in [3.05, 3.63) is 64.5 Å². The van der Waals surface area contributed by atoms with E-state index in [1.54, 1.807) is 26.6 Å². The molecule has 2 aromatic heterocycles. The van der Waals surface area contributed by atoms with Crippen molar-refractivity contribution in [2.75, 3.05) is 31.1 Å². The van der Waals surface area contributed by atoms with Gasteiger partial charge in [-0.25, -0.2) is 4.98 Å². The number of nitrogens with one attached hydrogen (secondary N) is 2.